The predicted molar refractivity (Wildman–Crippen MR) is 46.5 cm³/mol. The van der Waals surface area contributed by atoms with Gasteiger partial charge in [-0.3, -0.25) is 0 Å². The third kappa shape index (κ3) is 2.34. The Labute approximate surface area is 89.8 Å². The van der Waals surface area contributed by atoms with Crippen molar-refractivity contribution in [3.8, 4) is 0 Å². The molecule has 70 valence electrons. The van der Waals surface area contributed by atoms with Crippen LogP contribution in [-0.2, 0) is 0 Å². The van der Waals surface area contributed by atoms with Gasteiger partial charge in [0.25, 0.3) is 0 Å². The molecule has 0 radical (unpaired) electrons. The van der Waals surface area contributed by atoms with Gasteiger partial charge in [-0.1, -0.05) is 30.3 Å². The molecule has 13 heavy (non-hydrogen) atoms. The van der Waals surface area contributed by atoms with Gasteiger partial charge in [0.05, 0.1) is 0 Å². The zero-order valence-corrected chi connectivity index (χ0v) is 8.52. The monoisotopic (exact) mass is 214 g/mol. The van der Waals surface area contributed by atoms with E-state index >= 15 is 0 Å². The van der Waals surface area contributed by atoms with Crippen LogP contribution in [0.4, 0.5) is 5.69 Å². The van der Waals surface area contributed by atoms with Crippen molar-refractivity contribution in [1.82, 2.24) is 0 Å². The van der Waals surface area contributed by atoms with Crippen molar-refractivity contribution >= 4 is 16.5 Å². The van der Waals surface area contributed by atoms with Crippen LogP contribution in [0.1, 0.15) is 0 Å². The normalized spacial score (nSPS) is 8.69. The molecule has 3 N–H and O–H groups in total. The SMILES string of the molecule is [Cl-].[Cl-].[NH3+]c1cccc2ccccc12. The fourth-order valence-electron chi connectivity index (χ4n) is 1.29. The molecule has 2 aromatic rings. The van der Waals surface area contributed by atoms with Crippen LogP contribution in [-0.4, -0.2) is 0 Å². The number of hydrogen-bond donors (Lipinski definition) is 1. The second-order valence-corrected chi connectivity index (χ2v) is 2.64. The first-order valence-corrected chi connectivity index (χ1v) is 3.67. The maximum Gasteiger partial charge on any atom is 0.135 e. The third-order valence-corrected chi connectivity index (χ3v) is 1.88. The first kappa shape index (κ1) is 12.2. The van der Waals surface area contributed by atoms with Crippen LogP contribution >= 0.6 is 0 Å². The highest BCUT2D eigenvalue weighted by atomic mass is 35.5. The number of fused-ring (bicyclic) bond motifs is 1. The zero-order valence-electron chi connectivity index (χ0n) is 7.00. The Hall–Kier alpha value is -0.760. The summed E-state index contributed by atoms with van der Waals surface area (Å²) in [6.45, 7) is 0. The summed E-state index contributed by atoms with van der Waals surface area (Å²) in [5.74, 6) is 0. The van der Waals surface area contributed by atoms with Crippen LogP contribution in [0.2, 0.25) is 0 Å². The molecule has 3 heteroatoms. The van der Waals surface area contributed by atoms with Gasteiger partial charge in [0.2, 0.25) is 0 Å². The number of benzene rings is 2. The highest BCUT2D eigenvalue weighted by Gasteiger charge is 1.96. The number of quaternary nitrogens is 1. The summed E-state index contributed by atoms with van der Waals surface area (Å²) < 4.78 is 0. The van der Waals surface area contributed by atoms with Crippen LogP contribution in [0, 0.1) is 0 Å². The molecule has 0 amide bonds. The van der Waals surface area contributed by atoms with Gasteiger partial charge >= 0.3 is 0 Å². The van der Waals surface area contributed by atoms with Crippen LogP contribution in [0.3, 0.4) is 0 Å². The first-order chi connectivity index (χ1) is 5.38. The Kier molecular flexibility index (Phi) is 4.78. The van der Waals surface area contributed by atoms with E-state index in [1.54, 1.807) is 0 Å². The Morgan fingerprint density at radius 2 is 1.38 bits per heavy atom. The zero-order chi connectivity index (χ0) is 7.68. The van der Waals surface area contributed by atoms with E-state index in [2.05, 4.69) is 23.9 Å². The molecule has 1 nitrogen and oxygen atoms in total. The summed E-state index contributed by atoms with van der Waals surface area (Å²) >= 11 is 0. The van der Waals surface area contributed by atoms with Crippen LogP contribution in [0.25, 0.3) is 10.8 Å². The van der Waals surface area contributed by atoms with E-state index in [4.69, 9.17) is 0 Å². The van der Waals surface area contributed by atoms with E-state index < -0.39 is 0 Å². The van der Waals surface area contributed by atoms with Gasteiger partial charge in [0, 0.05) is 5.39 Å². The van der Waals surface area contributed by atoms with Crippen LogP contribution in [0.5, 0.6) is 0 Å². The number of hydrogen-bond acceptors (Lipinski definition) is 0. The quantitative estimate of drug-likeness (QED) is 0.461. The minimum Gasteiger partial charge on any atom is -1.00 e. The number of halogens is 2. The second kappa shape index (κ2) is 5.07. The Bertz CT molecular complexity index is 382. The molecule has 0 saturated heterocycles. The third-order valence-electron chi connectivity index (χ3n) is 1.88. The van der Waals surface area contributed by atoms with Crippen LogP contribution < -0.4 is 30.5 Å². The largest absolute Gasteiger partial charge is 1.00 e. The van der Waals surface area contributed by atoms with Gasteiger partial charge in [-0.15, -0.1) is 0 Å². The molecule has 0 aliphatic carbocycles. The lowest BCUT2D eigenvalue weighted by molar-refractivity contribution is -0.252. The standard InChI is InChI=1S/C10H9N.2ClH/c11-10-7-3-5-8-4-1-2-6-9(8)10;;/h1-7H,11H2;2*1H/p-1. The maximum absolute atomic E-state index is 3.95. The minimum absolute atomic E-state index is 0. The maximum atomic E-state index is 3.95. The van der Waals surface area contributed by atoms with E-state index in [0.717, 1.165) is 5.69 Å². The molecule has 0 heterocycles. The Morgan fingerprint density at radius 3 is 2.08 bits per heavy atom. The summed E-state index contributed by atoms with van der Waals surface area (Å²) in [4.78, 5) is 0. The fraction of sp³-hybridized carbons (Fsp3) is 0. The van der Waals surface area contributed by atoms with E-state index in [1.807, 2.05) is 24.3 Å². The van der Waals surface area contributed by atoms with Crippen molar-refractivity contribution in [3.05, 3.63) is 42.5 Å². The van der Waals surface area contributed by atoms with Crippen molar-refractivity contribution in [2.75, 3.05) is 0 Å². The Morgan fingerprint density at radius 1 is 0.769 bits per heavy atom. The highest BCUT2D eigenvalue weighted by molar-refractivity contribution is 5.90. The smallest absolute Gasteiger partial charge is 0.135 e. The van der Waals surface area contributed by atoms with Gasteiger partial charge in [0.15, 0.2) is 0 Å². The summed E-state index contributed by atoms with van der Waals surface area (Å²) in [5.41, 5.74) is 5.05. The molecule has 2 aromatic carbocycles. The lowest BCUT2D eigenvalue weighted by Gasteiger charge is -1.95. The summed E-state index contributed by atoms with van der Waals surface area (Å²) in [7, 11) is 0. The summed E-state index contributed by atoms with van der Waals surface area (Å²) in [6, 6.07) is 14.4. The molecule has 0 bridgehead atoms. The van der Waals surface area contributed by atoms with Gasteiger partial charge in [-0.05, 0) is 17.5 Å². The van der Waals surface area contributed by atoms with Crippen molar-refractivity contribution < 1.29 is 30.5 Å². The molecule has 0 aliphatic heterocycles. The molecule has 2 rings (SSSR count). The molecule has 0 saturated carbocycles. The minimum atomic E-state index is 0. The molecular weight excluding hydrogens is 205 g/mol. The molecule has 0 atom stereocenters. The van der Waals surface area contributed by atoms with E-state index in [9.17, 15) is 0 Å². The van der Waals surface area contributed by atoms with Crippen molar-refractivity contribution in [1.29, 1.82) is 0 Å². The molecule has 0 unspecified atom stereocenters. The molecule has 0 aromatic heterocycles. The van der Waals surface area contributed by atoms with E-state index in [1.165, 1.54) is 10.8 Å². The second-order valence-electron chi connectivity index (χ2n) is 2.64. The van der Waals surface area contributed by atoms with Gasteiger partial charge < -0.3 is 30.5 Å². The highest BCUT2D eigenvalue weighted by Crippen LogP contribution is 2.17. The van der Waals surface area contributed by atoms with E-state index in [-0.39, 0.29) is 24.8 Å². The van der Waals surface area contributed by atoms with Gasteiger partial charge in [-0.25, -0.2) is 0 Å². The Balaban J connectivity index is 0.000000720. The topological polar surface area (TPSA) is 27.6 Å². The average Bonchev–Trinajstić information content (AvgIpc) is 2.06. The predicted octanol–water partition coefficient (Wildman–Crippen LogP) is -4.28. The first-order valence-electron chi connectivity index (χ1n) is 3.67. The van der Waals surface area contributed by atoms with Crippen LogP contribution in [0.15, 0.2) is 42.5 Å². The fourth-order valence-corrected chi connectivity index (χ4v) is 1.29. The summed E-state index contributed by atoms with van der Waals surface area (Å²) in [5, 5.41) is 2.51. The van der Waals surface area contributed by atoms with Crippen molar-refractivity contribution in [2.24, 2.45) is 0 Å². The summed E-state index contributed by atoms with van der Waals surface area (Å²) in [6.07, 6.45) is 0. The molecule has 0 fully saturated rings. The van der Waals surface area contributed by atoms with E-state index in [0.29, 0.717) is 0 Å². The lowest BCUT2D eigenvalue weighted by atomic mass is 10.1. The van der Waals surface area contributed by atoms with Gasteiger partial charge in [-0.2, -0.15) is 0 Å². The molecular formula is C10H10Cl2N-. The number of rotatable bonds is 0. The average molecular weight is 215 g/mol. The lowest BCUT2D eigenvalue weighted by Crippen LogP contribution is -3.00. The van der Waals surface area contributed by atoms with Crippen molar-refractivity contribution in [2.45, 2.75) is 0 Å². The molecule has 0 aliphatic rings. The van der Waals surface area contributed by atoms with Gasteiger partial charge in [0.1, 0.15) is 5.69 Å². The van der Waals surface area contributed by atoms with Crippen molar-refractivity contribution in [3.63, 3.8) is 0 Å². The molecule has 0 spiro atoms.